The van der Waals surface area contributed by atoms with Crippen LogP contribution in [0.2, 0.25) is 0 Å². The first-order valence-electron chi connectivity index (χ1n) is 6.32. The summed E-state index contributed by atoms with van der Waals surface area (Å²) in [6.07, 6.45) is 2.04. The van der Waals surface area contributed by atoms with Gasteiger partial charge in [-0.15, -0.1) is 0 Å². The SMILES string of the molecule is CC(C)n1ncnc1CC(NN)c1cc(F)ccc1Br. The third-order valence-corrected chi connectivity index (χ3v) is 3.78. The second-order valence-corrected chi connectivity index (χ2v) is 5.66. The summed E-state index contributed by atoms with van der Waals surface area (Å²) < 4.78 is 16.0. The van der Waals surface area contributed by atoms with Crippen LogP contribution in [0.15, 0.2) is 29.0 Å². The summed E-state index contributed by atoms with van der Waals surface area (Å²) in [6, 6.07) is 4.49. The average Bonchev–Trinajstić information content (AvgIpc) is 2.87. The van der Waals surface area contributed by atoms with Crippen molar-refractivity contribution in [3.63, 3.8) is 0 Å². The molecule has 2 rings (SSSR count). The number of nitrogens with zero attached hydrogens (tertiary/aromatic N) is 3. The highest BCUT2D eigenvalue weighted by molar-refractivity contribution is 9.10. The van der Waals surface area contributed by atoms with Crippen LogP contribution >= 0.6 is 15.9 Å². The molecular formula is C13H17BrFN5. The number of halogens is 2. The van der Waals surface area contributed by atoms with Crippen molar-refractivity contribution in [3.05, 3.63) is 46.2 Å². The topological polar surface area (TPSA) is 68.8 Å². The molecule has 1 atom stereocenters. The molecule has 2 aromatic rings. The Labute approximate surface area is 125 Å². The van der Waals surface area contributed by atoms with E-state index >= 15 is 0 Å². The van der Waals surface area contributed by atoms with Gasteiger partial charge in [-0.1, -0.05) is 15.9 Å². The summed E-state index contributed by atoms with van der Waals surface area (Å²) in [6.45, 7) is 4.06. The smallest absolute Gasteiger partial charge is 0.138 e. The summed E-state index contributed by atoms with van der Waals surface area (Å²) in [5, 5.41) is 4.19. The van der Waals surface area contributed by atoms with Crippen molar-refractivity contribution in [1.29, 1.82) is 0 Å². The van der Waals surface area contributed by atoms with E-state index in [-0.39, 0.29) is 17.9 Å². The number of hydrogen-bond donors (Lipinski definition) is 2. The van der Waals surface area contributed by atoms with Crippen LogP contribution in [0.4, 0.5) is 4.39 Å². The Balaban J connectivity index is 2.29. The van der Waals surface area contributed by atoms with Crippen LogP contribution in [0.1, 0.15) is 37.3 Å². The normalized spacial score (nSPS) is 12.9. The lowest BCUT2D eigenvalue weighted by atomic mass is 10.0. The van der Waals surface area contributed by atoms with Crippen molar-refractivity contribution in [2.24, 2.45) is 5.84 Å². The van der Waals surface area contributed by atoms with Crippen molar-refractivity contribution in [2.75, 3.05) is 0 Å². The van der Waals surface area contributed by atoms with Crippen LogP contribution in [-0.2, 0) is 6.42 Å². The highest BCUT2D eigenvalue weighted by atomic mass is 79.9. The van der Waals surface area contributed by atoms with E-state index in [9.17, 15) is 4.39 Å². The molecule has 20 heavy (non-hydrogen) atoms. The number of nitrogens with two attached hydrogens (primary N) is 1. The second kappa shape index (κ2) is 6.43. The van der Waals surface area contributed by atoms with Crippen LogP contribution in [0.25, 0.3) is 0 Å². The fourth-order valence-electron chi connectivity index (χ4n) is 2.07. The van der Waals surface area contributed by atoms with E-state index in [1.54, 1.807) is 6.07 Å². The van der Waals surface area contributed by atoms with E-state index in [2.05, 4.69) is 31.4 Å². The molecule has 1 unspecified atom stereocenters. The lowest BCUT2D eigenvalue weighted by molar-refractivity contribution is 0.466. The minimum absolute atomic E-state index is 0.210. The Kier molecular flexibility index (Phi) is 4.85. The monoisotopic (exact) mass is 341 g/mol. The molecule has 0 saturated carbocycles. The number of nitrogens with one attached hydrogen (secondary N) is 1. The standard InChI is InChI=1S/C13H17BrFN5/c1-8(2)20-13(17-7-18-20)6-12(19-16)10-5-9(15)3-4-11(10)14/h3-5,7-8,12,19H,6,16H2,1-2H3. The maximum atomic E-state index is 13.4. The van der Waals surface area contributed by atoms with Crippen LogP contribution < -0.4 is 11.3 Å². The summed E-state index contributed by atoms with van der Waals surface area (Å²) >= 11 is 3.42. The molecule has 0 bridgehead atoms. The van der Waals surface area contributed by atoms with E-state index in [1.165, 1.54) is 18.5 Å². The number of hydrazine groups is 1. The van der Waals surface area contributed by atoms with Gasteiger partial charge in [0.15, 0.2) is 0 Å². The van der Waals surface area contributed by atoms with E-state index in [0.29, 0.717) is 6.42 Å². The predicted octanol–water partition coefficient (Wildman–Crippen LogP) is 2.51. The Morgan fingerprint density at radius 1 is 1.45 bits per heavy atom. The van der Waals surface area contributed by atoms with Gasteiger partial charge in [0.2, 0.25) is 0 Å². The average molecular weight is 342 g/mol. The highest BCUT2D eigenvalue weighted by Gasteiger charge is 2.18. The Hall–Kier alpha value is -1.31. The molecule has 5 nitrogen and oxygen atoms in total. The van der Waals surface area contributed by atoms with Gasteiger partial charge < -0.3 is 0 Å². The summed E-state index contributed by atoms with van der Waals surface area (Å²) in [7, 11) is 0. The van der Waals surface area contributed by atoms with Gasteiger partial charge in [-0.05, 0) is 37.6 Å². The lowest BCUT2D eigenvalue weighted by Crippen LogP contribution is -2.31. The van der Waals surface area contributed by atoms with Crippen LogP contribution in [0.5, 0.6) is 0 Å². The molecular weight excluding hydrogens is 325 g/mol. The van der Waals surface area contributed by atoms with Crippen molar-refractivity contribution in [1.82, 2.24) is 20.2 Å². The molecule has 0 aliphatic rings. The second-order valence-electron chi connectivity index (χ2n) is 4.80. The largest absolute Gasteiger partial charge is 0.271 e. The van der Waals surface area contributed by atoms with E-state index in [0.717, 1.165) is 15.9 Å². The molecule has 3 N–H and O–H groups in total. The molecule has 0 aliphatic heterocycles. The van der Waals surface area contributed by atoms with Gasteiger partial charge in [0, 0.05) is 16.9 Å². The van der Waals surface area contributed by atoms with Crippen molar-refractivity contribution >= 4 is 15.9 Å². The molecule has 0 amide bonds. The predicted molar refractivity (Wildman–Crippen MR) is 78.3 cm³/mol. The maximum Gasteiger partial charge on any atom is 0.138 e. The minimum atomic E-state index is -0.297. The third-order valence-electron chi connectivity index (χ3n) is 3.06. The lowest BCUT2D eigenvalue weighted by Gasteiger charge is -2.18. The molecule has 0 radical (unpaired) electrons. The van der Waals surface area contributed by atoms with E-state index < -0.39 is 0 Å². The first-order chi connectivity index (χ1) is 9.52. The third kappa shape index (κ3) is 3.23. The van der Waals surface area contributed by atoms with Crippen molar-refractivity contribution in [2.45, 2.75) is 32.4 Å². The van der Waals surface area contributed by atoms with Crippen molar-refractivity contribution in [3.8, 4) is 0 Å². The molecule has 108 valence electrons. The molecule has 1 heterocycles. The summed E-state index contributed by atoms with van der Waals surface area (Å²) in [4.78, 5) is 4.25. The van der Waals surface area contributed by atoms with Gasteiger partial charge in [-0.25, -0.2) is 14.1 Å². The minimum Gasteiger partial charge on any atom is -0.271 e. The van der Waals surface area contributed by atoms with Gasteiger partial charge in [0.05, 0.1) is 6.04 Å². The van der Waals surface area contributed by atoms with Gasteiger partial charge in [-0.3, -0.25) is 11.3 Å². The number of benzene rings is 1. The summed E-state index contributed by atoms with van der Waals surface area (Å²) in [5.41, 5.74) is 3.47. The van der Waals surface area contributed by atoms with Crippen LogP contribution in [0.3, 0.4) is 0 Å². The zero-order valence-corrected chi connectivity index (χ0v) is 12.9. The zero-order chi connectivity index (χ0) is 14.7. The number of aromatic nitrogens is 3. The number of rotatable bonds is 5. The Morgan fingerprint density at radius 3 is 2.85 bits per heavy atom. The van der Waals surface area contributed by atoms with E-state index in [4.69, 9.17) is 5.84 Å². The first-order valence-corrected chi connectivity index (χ1v) is 7.11. The Bertz CT molecular complexity index is 584. The molecule has 7 heteroatoms. The molecule has 1 aromatic heterocycles. The molecule has 0 spiro atoms. The van der Waals surface area contributed by atoms with Gasteiger partial charge in [-0.2, -0.15) is 5.10 Å². The quantitative estimate of drug-likeness (QED) is 0.647. The van der Waals surface area contributed by atoms with Crippen molar-refractivity contribution < 1.29 is 4.39 Å². The van der Waals surface area contributed by atoms with Gasteiger partial charge in [0.1, 0.15) is 18.0 Å². The molecule has 1 aromatic carbocycles. The van der Waals surface area contributed by atoms with E-state index in [1.807, 2.05) is 18.5 Å². The maximum absolute atomic E-state index is 13.4. The van der Waals surface area contributed by atoms with Crippen LogP contribution in [0, 0.1) is 5.82 Å². The molecule has 0 aliphatic carbocycles. The zero-order valence-electron chi connectivity index (χ0n) is 11.3. The fraction of sp³-hybridized carbons (Fsp3) is 0.385. The molecule has 0 saturated heterocycles. The fourth-order valence-corrected chi connectivity index (χ4v) is 2.60. The van der Waals surface area contributed by atoms with Gasteiger partial charge >= 0.3 is 0 Å². The Morgan fingerprint density at radius 2 is 2.20 bits per heavy atom. The summed E-state index contributed by atoms with van der Waals surface area (Å²) in [5.74, 6) is 6.12. The van der Waals surface area contributed by atoms with Crippen LogP contribution in [-0.4, -0.2) is 14.8 Å². The number of hydrogen-bond acceptors (Lipinski definition) is 4. The first kappa shape index (κ1) is 15.1. The van der Waals surface area contributed by atoms with Gasteiger partial charge in [0.25, 0.3) is 0 Å². The molecule has 0 fully saturated rings. The highest BCUT2D eigenvalue weighted by Crippen LogP contribution is 2.26.